The van der Waals surface area contributed by atoms with Crippen LogP contribution in [0.5, 0.6) is 0 Å². The fourth-order valence-electron chi connectivity index (χ4n) is 3.13. The molecular weight excluding hydrogens is 376 g/mol. The van der Waals surface area contributed by atoms with Gasteiger partial charge in [0.15, 0.2) is 0 Å². The van der Waals surface area contributed by atoms with Gasteiger partial charge in [0.2, 0.25) is 0 Å². The Morgan fingerprint density at radius 2 is 1.75 bits per heavy atom. The third-order valence-corrected chi connectivity index (χ3v) is 4.57. The number of nitrogens with zero attached hydrogens (tertiary/aromatic N) is 3. The van der Waals surface area contributed by atoms with Crippen LogP contribution < -0.4 is 10.6 Å². The quantitative estimate of drug-likeness (QED) is 0.629. The minimum Gasteiger partial charge on any atom is -0.399 e. The molecule has 0 saturated carbocycles. The molecule has 2 aromatic rings. The van der Waals surface area contributed by atoms with Gasteiger partial charge in [0.1, 0.15) is 11.9 Å². The number of anilines is 2. The lowest BCUT2D eigenvalue weighted by atomic mass is 10.1. The number of nitrogen functional groups attached to an aromatic ring is 1. The van der Waals surface area contributed by atoms with Crippen molar-refractivity contribution in [1.29, 1.82) is 5.26 Å². The van der Waals surface area contributed by atoms with Crippen molar-refractivity contribution in [3.8, 4) is 6.07 Å². The fourth-order valence-corrected chi connectivity index (χ4v) is 3.13. The fraction of sp³-hybridized carbons (Fsp3) is 0.263. The Balaban J connectivity index is 1.74. The highest BCUT2D eigenvalue weighted by atomic mass is 19.4. The van der Waals surface area contributed by atoms with Crippen LogP contribution in [0.1, 0.15) is 21.5 Å². The van der Waals surface area contributed by atoms with Crippen molar-refractivity contribution in [2.45, 2.75) is 6.18 Å². The molecule has 0 aromatic heterocycles. The number of alkyl halides is 3. The molecule has 1 aliphatic rings. The maximum absolute atomic E-state index is 13.4. The molecule has 0 atom stereocenters. The first kappa shape index (κ1) is 19.5. The first-order valence-corrected chi connectivity index (χ1v) is 8.41. The lowest BCUT2D eigenvalue weighted by Crippen LogP contribution is -2.49. The van der Waals surface area contributed by atoms with E-state index < -0.39 is 23.5 Å². The van der Waals surface area contributed by atoms with E-state index in [9.17, 15) is 27.6 Å². The monoisotopic (exact) mass is 392 g/mol. The molecule has 2 aromatic carbocycles. The Labute approximate surface area is 158 Å². The zero-order chi connectivity index (χ0) is 20.5. The number of hydrogen-bond donors (Lipinski definition) is 1. The van der Waals surface area contributed by atoms with Gasteiger partial charge in [-0.05, 0) is 36.4 Å². The lowest BCUT2D eigenvalue weighted by Gasteiger charge is -2.36. The molecule has 1 amide bonds. The molecule has 0 unspecified atom stereocenters. The normalized spacial score (nSPS) is 14.7. The molecule has 0 radical (unpaired) electrons. The topological polar surface area (TPSA) is 73.4 Å². The first-order valence-electron chi connectivity index (χ1n) is 8.41. The van der Waals surface area contributed by atoms with E-state index >= 15 is 0 Å². The van der Waals surface area contributed by atoms with Gasteiger partial charge in [0.25, 0.3) is 5.91 Å². The van der Waals surface area contributed by atoms with Crippen LogP contribution in [0.25, 0.3) is 0 Å². The number of rotatable bonds is 2. The van der Waals surface area contributed by atoms with E-state index in [0.717, 1.165) is 6.07 Å². The van der Waals surface area contributed by atoms with Crippen LogP contribution in [0.3, 0.4) is 0 Å². The van der Waals surface area contributed by atoms with Crippen LogP contribution in [0.15, 0.2) is 36.4 Å². The maximum atomic E-state index is 13.4. The van der Waals surface area contributed by atoms with Crippen molar-refractivity contribution >= 4 is 17.3 Å². The average molecular weight is 392 g/mol. The smallest absolute Gasteiger partial charge is 0.399 e. The van der Waals surface area contributed by atoms with Gasteiger partial charge in [0.05, 0.1) is 16.8 Å². The number of halogens is 4. The minimum atomic E-state index is -4.87. The summed E-state index contributed by atoms with van der Waals surface area (Å²) in [5, 5.41) is 9.26. The summed E-state index contributed by atoms with van der Waals surface area (Å²) in [6, 6.07) is 9.27. The second-order valence-corrected chi connectivity index (χ2v) is 6.36. The summed E-state index contributed by atoms with van der Waals surface area (Å²) in [7, 11) is 0. The predicted molar refractivity (Wildman–Crippen MR) is 95.1 cm³/mol. The summed E-state index contributed by atoms with van der Waals surface area (Å²) < 4.78 is 52.0. The molecule has 146 valence electrons. The SMILES string of the molecule is N#Cc1cc(N)ccc1N1CCN(C(=O)c2ccc(F)c(C(F)(F)F)c2)CC1. The van der Waals surface area contributed by atoms with Gasteiger partial charge in [-0.2, -0.15) is 18.4 Å². The number of hydrogen-bond acceptors (Lipinski definition) is 4. The molecule has 9 heteroatoms. The van der Waals surface area contributed by atoms with Crippen molar-refractivity contribution in [2.75, 3.05) is 36.8 Å². The van der Waals surface area contributed by atoms with E-state index in [2.05, 4.69) is 6.07 Å². The summed E-state index contributed by atoms with van der Waals surface area (Å²) in [6.07, 6.45) is -4.87. The third kappa shape index (κ3) is 3.86. The number of piperazine rings is 1. The van der Waals surface area contributed by atoms with Gasteiger partial charge in [-0.25, -0.2) is 4.39 Å². The second kappa shape index (κ2) is 7.38. The highest BCUT2D eigenvalue weighted by molar-refractivity contribution is 5.94. The Bertz CT molecular complexity index is 944. The number of nitrogens with two attached hydrogens (primary N) is 1. The molecule has 1 aliphatic heterocycles. The predicted octanol–water partition coefficient (Wildman–Crippen LogP) is 3.26. The van der Waals surface area contributed by atoms with Crippen molar-refractivity contribution in [3.63, 3.8) is 0 Å². The highest BCUT2D eigenvalue weighted by Crippen LogP contribution is 2.32. The number of benzene rings is 2. The molecule has 1 heterocycles. The van der Waals surface area contributed by atoms with E-state index in [1.54, 1.807) is 18.2 Å². The molecule has 28 heavy (non-hydrogen) atoms. The molecule has 0 spiro atoms. The van der Waals surface area contributed by atoms with E-state index in [1.807, 2.05) is 4.90 Å². The van der Waals surface area contributed by atoms with Crippen LogP contribution in [-0.4, -0.2) is 37.0 Å². The van der Waals surface area contributed by atoms with Gasteiger partial charge in [-0.3, -0.25) is 4.79 Å². The molecule has 0 aliphatic carbocycles. The molecule has 1 saturated heterocycles. The molecule has 1 fully saturated rings. The number of carbonyl (C=O) groups excluding carboxylic acids is 1. The van der Waals surface area contributed by atoms with Gasteiger partial charge >= 0.3 is 6.18 Å². The zero-order valence-corrected chi connectivity index (χ0v) is 14.6. The van der Waals surface area contributed by atoms with E-state index in [1.165, 1.54) is 4.90 Å². The largest absolute Gasteiger partial charge is 0.419 e. The molecule has 2 N–H and O–H groups in total. The van der Waals surface area contributed by atoms with Gasteiger partial charge in [-0.1, -0.05) is 0 Å². The number of nitriles is 1. The molecule has 0 bridgehead atoms. The number of carbonyl (C=O) groups is 1. The van der Waals surface area contributed by atoms with Crippen LogP contribution >= 0.6 is 0 Å². The summed E-state index contributed by atoms with van der Waals surface area (Å²) in [5.41, 5.74) is 5.57. The van der Waals surface area contributed by atoms with E-state index in [-0.39, 0.29) is 18.7 Å². The maximum Gasteiger partial charge on any atom is 0.419 e. The molecule has 5 nitrogen and oxygen atoms in total. The van der Waals surface area contributed by atoms with Crippen molar-refractivity contribution in [1.82, 2.24) is 4.90 Å². The average Bonchev–Trinajstić information content (AvgIpc) is 2.67. The molecule has 3 rings (SSSR count). The Morgan fingerprint density at radius 1 is 1.07 bits per heavy atom. The summed E-state index contributed by atoms with van der Waals surface area (Å²) in [6.45, 7) is 1.31. The van der Waals surface area contributed by atoms with Gasteiger partial charge in [0, 0.05) is 37.4 Å². The number of amides is 1. The Hall–Kier alpha value is -3.28. The minimum absolute atomic E-state index is 0.215. The van der Waals surface area contributed by atoms with Crippen molar-refractivity contribution in [2.24, 2.45) is 0 Å². The van der Waals surface area contributed by atoms with Crippen LogP contribution in [0, 0.1) is 17.1 Å². The second-order valence-electron chi connectivity index (χ2n) is 6.36. The van der Waals surface area contributed by atoms with Crippen LogP contribution in [0.4, 0.5) is 28.9 Å². The molecular formula is C19H16F4N4O. The lowest BCUT2D eigenvalue weighted by molar-refractivity contribution is -0.140. The summed E-state index contributed by atoms with van der Waals surface area (Å²) >= 11 is 0. The third-order valence-electron chi connectivity index (χ3n) is 4.57. The first-order chi connectivity index (χ1) is 13.2. The van der Waals surface area contributed by atoms with Crippen LogP contribution in [-0.2, 0) is 6.18 Å². The summed E-state index contributed by atoms with van der Waals surface area (Å²) in [5.74, 6) is -2.01. The summed E-state index contributed by atoms with van der Waals surface area (Å²) in [4.78, 5) is 15.9. The zero-order valence-electron chi connectivity index (χ0n) is 14.6. The van der Waals surface area contributed by atoms with Crippen LogP contribution in [0.2, 0.25) is 0 Å². The Morgan fingerprint density at radius 3 is 2.36 bits per heavy atom. The van der Waals surface area contributed by atoms with Gasteiger partial charge < -0.3 is 15.5 Å². The van der Waals surface area contributed by atoms with Crippen molar-refractivity contribution < 1.29 is 22.4 Å². The Kier molecular flexibility index (Phi) is 5.14. The van der Waals surface area contributed by atoms with E-state index in [4.69, 9.17) is 5.73 Å². The van der Waals surface area contributed by atoms with Gasteiger partial charge in [-0.15, -0.1) is 0 Å². The van der Waals surface area contributed by atoms with E-state index in [0.29, 0.717) is 42.2 Å². The highest BCUT2D eigenvalue weighted by Gasteiger charge is 2.35. The standard InChI is InChI=1S/C19H16F4N4O/c20-16-3-1-12(10-15(16)19(21,22)23)18(28)27-7-5-26(6-8-27)17-4-2-14(25)9-13(17)11-24/h1-4,9-10H,5-8,25H2. The van der Waals surface area contributed by atoms with Crippen molar-refractivity contribution in [3.05, 3.63) is 58.9 Å².